The van der Waals surface area contributed by atoms with Crippen LogP contribution in [0.3, 0.4) is 0 Å². The van der Waals surface area contributed by atoms with E-state index in [0.29, 0.717) is 10.0 Å². The van der Waals surface area contributed by atoms with Gasteiger partial charge in [-0.1, -0.05) is 16.1 Å². The quantitative estimate of drug-likeness (QED) is 0.680. The average Bonchev–Trinajstić information content (AvgIpc) is 2.13. The van der Waals surface area contributed by atoms with Gasteiger partial charge < -0.3 is 5.11 Å². The number of aliphatic hydroxyl groups is 1. The number of halogens is 1. The minimum absolute atomic E-state index is 0.460. The van der Waals surface area contributed by atoms with Gasteiger partial charge in [-0.25, -0.2) is 0 Å². The normalized spacial score (nSPS) is 13.7. The molecule has 1 atom stereocenters. The lowest BCUT2D eigenvalue weighted by atomic mass is 10.3. The first kappa shape index (κ1) is 6.92. The Kier molecular flexibility index (Phi) is 2.00. The van der Waals surface area contributed by atoms with Crippen LogP contribution in [0.25, 0.3) is 0 Å². The summed E-state index contributed by atoms with van der Waals surface area (Å²) in [6, 6.07) is 0. The summed E-state index contributed by atoms with van der Waals surface area (Å²) >= 11 is 6.65. The number of aliphatic hydroxyl groups excluding tert-OH is 1. The molecule has 0 aromatic carbocycles. The average molecular weight is 165 g/mol. The lowest BCUT2D eigenvalue weighted by molar-refractivity contribution is 0.194. The van der Waals surface area contributed by atoms with E-state index >= 15 is 0 Å². The van der Waals surface area contributed by atoms with Gasteiger partial charge in [0, 0.05) is 11.5 Å². The highest BCUT2D eigenvalue weighted by atomic mass is 35.5. The van der Waals surface area contributed by atoms with Crippen molar-refractivity contribution in [3.63, 3.8) is 0 Å². The Morgan fingerprint density at radius 2 is 2.44 bits per heavy atom. The molecule has 1 N–H and O–H groups in total. The molecule has 1 rings (SSSR count). The van der Waals surface area contributed by atoms with E-state index in [1.807, 2.05) is 0 Å². The zero-order valence-corrected chi connectivity index (χ0v) is 6.28. The predicted octanol–water partition coefficient (Wildman–Crippen LogP) is 1.24. The third kappa shape index (κ3) is 1.38. The number of hydrogen-bond acceptors (Lipinski definition) is 4. The third-order valence-corrected chi connectivity index (χ3v) is 1.80. The van der Waals surface area contributed by atoms with Crippen LogP contribution in [0.1, 0.15) is 18.7 Å². The molecule has 9 heavy (non-hydrogen) atoms. The molecule has 5 heteroatoms. The standard InChI is InChI=1S/C4H5ClN2OS/c1-2(8)3-4(5)9-7-6-3/h2,8H,1H3. The SMILES string of the molecule is CC(O)c1nnsc1Cl. The van der Waals surface area contributed by atoms with Gasteiger partial charge in [0.15, 0.2) is 0 Å². The molecule has 1 aromatic rings. The van der Waals surface area contributed by atoms with E-state index in [0.717, 1.165) is 11.5 Å². The Labute approximate surface area is 61.4 Å². The Bertz CT molecular complexity index is 200. The molecule has 0 aliphatic carbocycles. The van der Waals surface area contributed by atoms with Crippen LogP contribution in [0.15, 0.2) is 0 Å². The van der Waals surface area contributed by atoms with Crippen LogP contribution in [-0.4, -0.2) is 14.7 Å². The van der Waals surface area contributed by atoms with Gasteiger partial charge in [0.25, 0.3) is 0 Å². The highest BCUT2D eigenvalue weighted by Gasteiger charge is 2.09. The van der Waals surface area contributed by atoms with Crippen LogP contribution in [0.2, 0.25) is 4.34 Å². The zero-order valence-electron chi connectivity index (χ0n) is 4.71. The second-order valence-electron chi connectivity index (χ2n) is 1.61. The molecule has 0 amide bonds. The number of rotatable bonds is 1. The number of nitrogens with zero attached hydrogens (tertiary/aromatic N) is 2. The predicted molar refractivity (Wildman–Crippen MR) is 35.6 cm³/mol. The topological polar surface area (TPSA) is 46.0 Å². The molecule has 1 aromatic heterocycles. The number of hydrogen-bond donors (Lipinski definition) is 1. The Hall–Kier alpha value is -0.190. The highest BCUT2D eigenvalue weighted by molar-refractivity contribution is 7.10. The van der Waals surface area contributed by atoms with Gasteiger partial charge in [0.05, 0.1) is 6.10 Å². The molecule has 50 valence electrons. The molecule has 0 radical (unpaired) electrons. The summed E-state index contributed by atoms with van der Waals surface area (Å²) < 4.78 is 4.01. The first-order chi connectivity index (χ1) is 4.22. The summed E-state index contributed by atoms with van der Waals surface area (Å²) in [7, 11) is 0. The molecule has 0 bridgehead atoms. The Balaban J connectivity index is 2.94. The van der Waals surface area contributed by atoms with E-state index in [-0.39, 0.29) is 0 Å². The van der Waals surface area contributed by atoms with Crippen molar-refractivity contribution in [1.82, 2.24) is 9.59 Å². The monoisotopic (exact) mass is 164 g/mol. The van der Waals surface area contributed by atoms with Crippen molar-refractivity contribution in [2.75, 3.05) is 0 Å². The fourth-order valence-electron chi connectivity index (χ4n) is 0.434. The number of aromatic nitrogens is 2. The van der Waals surface area contributed by atoms with Gasteiger partial charge in [-0.15, -0.1) is 5.10 Å². The maximum absolute atomic E-state index is 8.91. The largest absolute Gasteiger partial charge is 0.387 e. The molecular weight excluding hydrogens is 160 g/mol. The van der Waals surface area contributed by atoms with E-state index in [4.69, 9.17) is 16.7 Å². The minimum Gasteiger partial charge on any atom is -0.387 e. The van der Waals surface area contributed by atoms with Crippen LogP contribution in [0.5, 0.6) is 0 Å². The van der Waals surface area contributed by atoms with Crippen LogP contribution in [0.4, 0.5) is 0 Å². The highest BCUT2D eigenvalue weighted by Crippen LogP contribution is 2.22. The summed E-state index contributed by atoms with van der Waals surface area (Å²) in [6.07, 6.45) is -0.615. The molecule has 3 nitrogen and oxygen atoms in total. The Morgan fingerprint density at radius 3 is 2.67 bits per heavy atom. The molecule has 0 spiro atoms. The van der Waals surface area contributed by atoms with Gasteiger partial charge >= 0.3 is 0 Å². The molecule has 0 fully saturated rings. The maximum Gasteiger partial charge on any atom is 0.140 e. The van der Waals surface area contributed by atoms with Crippen molar-refractivity contribution in [2.24, 2.45) is 0 Å². The van der Waals surface area contributed by atoms with Gasteiger partial charge in [-0.2, -0.15) is 0 Å². The maximum atomic E-state index is 8.91. The van der Waals surface area contributed by atoms with Gasteiger partial charge in [-0.05, 0) is 6.92 Å². The fourth-order valence-corrected chi connectivity index (χ4v) is 1.23. The molecular formula is C4H5ClN2OS. The van der Waals surface area contributed by atoms with Gasteiger partial charge in [-0.3, -0.25) is 0 Å². The van der Waals surface area contributed by atoms with E-state index in [1.165, 1.54) is 0 Å². The molecule has 0 aliphatic rings. The molecule has 0 saturated carbocycles. The first-order valence-corrected chi connectivity index (χ1v) is 3.52. The lowest BCUT2D eigenvalue weighted by Crippen LogP contribution is -1.91. The summed E-state index contributed by atoms with van der Waals surface area (Å²) in [4.78, 5) is 0. The van der Waals surface area contributed by atoms with Crippen LogP contribution in [0, 0.1) is 0 Å². The summed E-state index contributed by atoms with van der Waals surface area (Å²) in [5.74, 6) is 0. The fraction of sp³-hybridized carbons (Fsp3) is 0.500. The smallest absolute Gasteiger partial charge is 0.140 e. The lowest BCUT2D eigenvalue weighted by Gasteiger charge is -1.95. The summed E-state index contributed by atoms with van der Waals surface area (Å²) in [6.45, 7) is 1.60. The van der Waals surface area contributed by atoms with E-state index in [9.17, 15) is 0 Å². The second-order valence-corrected chi connectivity index (χ2v) is 2.96. The zero-order chi connectivity index (χ0) is 6.85. The minimum atomic E-state index is -0.615. The van der Waals surface area contributed by atoms with Crippen molar-refractivity contribution in [1.29, 1.82) is 0 Å². The van der Waals surface area contributed by atoms with Crippen LogP contribution >= 0.6 is 23.1 Å². The van der Waals surface area contributed by atoms with Crippen LogP contribution < -0.4 is 0 Å². The molecule has 0 aliphatic heterocycles. The van der Waals surface area contributed by atoms with Crippen molar-refractivity contribution in [2.45, 2.75) is 13.0 Å². The van der Waals surface area contributed by atoms with E-state index in [1.54, 1.807) is 6.92 Å². The molecule has 0 saturated heterocycles. The first-order valence-electron chi connectivity index (χ1n) is 2.37. The molecule has 1 heterocycles. The second kappa shape index (κ2) is 2.60. The van der Waals surface area contributed by atoms with Crippen LogP contribution in [-0.2, 0) is 0 Å². The Morgan fingerprint density at radius 1 is 1.78 bits per heavy atom. The van der Waals surface area contributed by atoms with E-state index in [2.05, 4.69) is 9.59 Å². The van der Waals surface area contributed by atoms with Crippen molar-refractivity contribution < 1.29 is 5.11 Å². The van der Waals surface area contributed by atoms with Gasteiger partial charge in [0.1, 0.15) is 10.0 Å². The summed E-state index contributed by atoms with van der Waals surface area (Å²) in [5, 5.41) is 12.5. The summed E-state index contributed by atoms with van der Waals surface area (Å²) in [5.41, 5.74) is 0.460. The van der Waals surface area contributed by atoms with E-state index < -0.39 is 6.10 Å². The van der Waals surface area contributed by atoms with Crippen molar-refractivity contribution in [3.05, 3.63) is 10.0 Å². The molecule has 1 unspecified atom stereocenters. The van der Waals surface area contributed by atoms with Gasteiger partial charge in [0.2, 0.25) is 0 Å². The van der Waals surface area contributed by atoms with Crippen molar-refractivity contribution in [3.8, 4) is 0 Å². The van der Waals surface area contributed by atoms with Crippen molar-refractivity contribution >= 4 is 23.1 Å². The third-order valence-electron chi connectivity index (χ3n) is 0.867.